The van der Waals surface area contributed by atoms with E-state index in [0.717, 1.165) is 24.5 Å². The van der Waals surface area contributed by atoms with E-state index in [1.165, 1.54) is 0 Å². The number of hydrogen-bond donors (Lipinski definition) is 1. The van der Waals surface area contributed by atoms with E-state index >= 15 is 0 Å². The Hall–Kier alpha value is -1.00. The molecule has 0 aliphatic carbocycles. The summed E-state index contributed by atoms with van der Waals surface area (Å²) in [6, 6.07) is 3.78. The minimum atomic E-state index is 0.141. The number of ether oxygens (including phenoxy) is 2. The summed E-state index contributed by atoms with van der Waals surface area (Å²) in [5, 5.41) is 3.25. The zero-order chi connectivity index (χ0) is 13.2. The number of nitrogens with zero attached hydrogens (tertiary/aromatic N) is 1. The third-order valence-corrected chi connectivity index (χ3v) is 2.27. The summed E-state index contributed by atoms with van der Waals surface area (Å²) in [5.41, 5.74) is 0. The predicted molar refractivity (Wildman–Crippen MR) is 74.6 cm³/mol. The van der Waals surface area contributed by atoms with E-state index in [1.54, 1.807) is 6.20 Å². The van der Waals surface area contributed by atoms with Crippen molar-refractivity contribution in [2.45, 2.75) is 26.4 Å². The highest BCUT2D eigenvalue weighted by Gasteiger charge is 2.05. The van der Waals surface area contributed by atoms with E-state index in [0.29, 0.717) is 19.1 Å². The van der Waals surface area contributed by atoms with Gasteiger partial charge in [-0.05, 0) is 32.4 Å². The van der Waals surface area contributed by atoms with Crippen molar-refractivity contribution in [1.29, 1.82) is 0 Å². The highest BCUT2D eigenvalue weighted by Crippen LogP contribution is 2.21. The van der Waals surface area contributed by atoms with Gasteiger partial charge < -0.3 is 14.8 Å². The topological polar surface area (TPSA) is 43.4 Å². The molecule has 4 nitrogen and oxygen atoms in total. The van der Waals surface area contributed by atoms with Gasteiger partial charge in [-0.2, -0.15) is 0 Å². The van der Waals surface area contributed by atoms with E-state index in [1.807, 2.05) is 26.0 Å². The molecule has 0 bridgehead atoms. The van der Waals surface area contributed by atoms with Crippen molar-refractivity contribution in [3.63, 3.8) is 0 Å². The molecular formula is C13H21ClN2O2. The molecule has 5 heteroatoms. The molecule has 1 aromatic heterocycles. The van der Waals surface area contributed by atoms with Crippen molar-refractivity contribution in [3.05, 3.63) is 18.3 Å². The maximum absolute atomic E-state index is 5.67. The van der Waals surface area contributed by atoms with Crippen molar-refractivity contribution < 1.29 is 9.47 Å². The zero-order valence-corrected chi connectivity index (χ0v) is 11.7. The Kier molecular flexibility index (Phi) is 7.53. The number of aromatic nitrogens is 1. The summed E-state index contributed by atoms with van der Waals surface area (Å²) in [4.78, 5) is 4.27. The van der Waals surface area contributed by atoms with E-state index in [9.17, 15) is 0 Å². The van der Waals surface area contributed by atoms with E-state index < -0.39 is 0 Å². The van der Waals surface area contributed by atoms with Gasteiger partial charge in [0.25, 0.3) is 0 Å². The second-order valence-electron chi connectivity index (χ2n) is 4.10. The van der Waals surface area contributed by atoms with Crippen LogP contribution in [0.3, 0.4) is 0 Å². The van der Waals surface area contributed by atoms with E-state index in [2.05, 4.69) is 10.3 Å². The Bertz CT molecular complexity index is 335. The van der Waals surface area contributed by atoms with Crippen molar-refractivity contribution in [2.75, 3.05) is 31.0 Å². The number of halogens is 1. The number of hydrogen-bond acceptors (Lipinski definition) is 4. The van der Waals surface area contributed by atoms with Gasteiger partial charge in [0.15, 0.2) is 11.6 Å². The summed E-state index contributed by atoms with van der Waals surface area (Å²) in [7, 11) is 0. The molecule has 0 aliphatic heterocycles. The molecule has 1 N–H and O–H groups in total. The quantitative estimate of drug-likeness (QED) is 0.554. The molecule has 0 saturated heterocycles. The molecule has 0 aliphatic rings. The highest BCUT2D eigenvalue weighted by molar-refractivity contribution is 6.17. The number of rotatable bonds is 9. The van der Waals surface area contributed by atoms with Crippen LogP contribution in [-0.4, -0.2) is 36.7 Å². The van der Waals surface area contributed by atoms with Gasteiger partial charge in [0.1, 0.15) is 0 Å². The summed E-state index contributed by atoms with van der Waals surface area (Å²) < 4.78 is 11.0. The van der Waals surface area contributed by atoms with Crippen LogP contribution in [0.1, 0.15) is 20.3 Å². The molecule has 0 amide bonds. The van der Waals surface area contributed by atoms with Crippen LogP contribution in [-0.2, 0) is 4.74 Å². The average Bonchev–Trinajstić information content (AvgIpc) is 2.35. The fourth-order valence-electron chi connectivity index (χ4n) is 1.41. The minimum Gasteiger partial charge on any atom is -0.487 e. The van der Waals surface area contributed by atoms with Crippen LogP contribution in [0.5, 0.6) is 5.75 Å². The van der Waals surface area contributed by atoms with Crippen LogP contribution in [0.2, 0.25) is 0 Å². The first kappa shape index (κ1) is 15.1. The second kappa shape index (κ2) is 9.00. The molecule has 0 spiro atoms. The van der Waals surface area contributed by atoms with Gasteiger partial charge in [-0.25, -0.2) is 4.98 Å². The monoisotopic (exact) mass is 272 g/mol. The van der Waals surface area contributed by atoms with Crippen molar-refractivity contribution >= 4 is 17.4 Å². The summed E-state index contributed by atoms with van der Waals surface area (Å²) in [6.07, 6.45) is 2.80. The van der Waals surface area contributed by atoms with Crippen molar-refractivity contribution in [3.8, 4) is 5.75 Å². The first-order chi connectivity index (χ1) is 8.74. The van der Waals surface area contributed by atoms with Gasteiger partial charge >= 0.3 is 0 Å². The lowest BCUT2D eigenvalue weighted by Crippen LogP contribution is -2.11. The molecule has 0 atom stereocenters. The van der Waals surface area contributed by atoms with Gasteiger partial charge in [0.05, 0.1) is 12.7 Å². The Labute approximate surface area is 114 Å². The van der Waals surface area contributed by atoms with Crippen LogP contribution >= 0.6 is 11.6 Å². The van der Waals surface area contributed by atoms with Gasteiger partial charge in [-0.3, -0.25) is 0 Å². The van der Waals surface area contributed by atoms with Crippen LogP contribution in [0.4, 0.5) is 5.82 Å². The largest absolute Gasteiger partial charge is 0.487 e. The standard InChI is InChI=1S/C13H21ClN2O2/c1-11(2)18-12-5-3-7-15-13(12)16-8-4-9-17-10-6-14/h3,5,7,11H,4,6,8-10H2,1-2H3,(H,15,16). The van der Waals surface area contributed by atoms with Gasteiger partial charge in [-0.15, -0.1) is 11.6 Å². The summed E-state index contributed by atoms with van der Waals surface area (Å²) in [6.45, 7) is 6.10. The maximum atomic E-state index is 5.67. The van der Waals surface area contributed by atoms with Gasteiger partial charge in [-0.1, -0.05) is 0 Å². The molecule has 102 valence electrons. The third-order valence-electron chi connectivity index (χ3n) is 2.11. The average molecular weight is 273 g/mol. The van der Waals surface area contributed by atoms with E-state index in [-0.39, 0.29) is 6.10 Å². The minimum absolute atomic E-state index is 0.141. The van der Waals surface area contributed by atoms with Crippen molar-refractivity contribution in [1.82, 2.24) is 4.98 Å². The molecule has 0 saturated carbocycles. The van der Waals surface area contributed by atoms with E-state index in [4.69, 9.17) is 21.1 Å². The molecular weight excluding hydrogens is 252 g/mol. The number of anilines is 1. The van der Waals surface area contributed by atoms with Crippen LogP contribution in [0, 0.1) is 0 Å². The lowest BCUT2D eigenvalue weighted by Gasteiger charge is -2.14. The molecule has 1 heterocycles. The molecule has 1 aromatic rings. The number of alkyl halides is 1. The first-order valence-corrected chi connectivity index (χ1v) is 6.76. The van der Waals surface area contributed by atoms with Gasteiger partial charge in [0, 0.05) is 25.2 Å². The van der Waals surface area contributed by atoms with Crippen molar-refractivity contribution in [2.24, 2.45) is 0 Å². The highest BCUT2D eigenvalue weighted by atomic mass is 35.5. The molecule has 0 unspecified atom stereocenters. The first-order valence-electron chi connectivity index (χ1n) is 6.23. The summed E-state index contributed by atoms with van der Waals surface area (Å²) >= 11 is 5.51. The predicted octanol–water partition coefficient (Wildman–Crippen LogP) is 2.93. The maximum Gasteiger partial charge on any atom is 0.168 e. The fraction of sp³-hybridized carbons (Fsp3) is 0.615. The lowest BCUT2D eigenvalue weighted by atomic mass is 10.3. The Morgan fingerprint density at radius 3 is 2.94 bits per heavy atom. The molecule has 18 heavy (non-hydrogen) atoms. The number of pyridine rings is 1. The second-order valence-corrected chi connectivity index (χ2v) is 4.48. The van der Waals surface area contributed by atoms with Gasteiger partial charge in [0.2, 0.25) is 0 Å². The lowest BCUT2D eigenvalue weighted by molar-refractivity contribution is 0.149. The molecule has 0 radical (unpaired) electrons. The van der Waals surface area contributed by atoms with Crippen LogP contribution in [0.25, 0.3) is 0 Å². The normalized spacial score (nSPS) is 10.7. The number of nitrogens with one attached hydrogen (secondary N) is 1. The Balaban J connectivity index is 2.32. The fourth-order valence-corrected chi connectivity index (χ4v) is 1.52. The molecule has 0 fully saturated rings. The summed E-state index contributed by atoms with van der Waals surface area (Å²) in [5.74, 6) is 2.11. The molecule has 1 rings (SSSR count). The molecule has 0 aromatic carbocycles. The van der Waals surface area contributed by atoms with Crippen LogP contribution < -0.4 is 10.1 Å². The third kappa shape index (κ3) is 6.07. The van der Waals surface area contributed by atoms with Crippen LogP contribution in [0.15, 0.2) is 18.3 Å². The Morgan fingerprint density at radius 2 is 2.22 bits per heavy atom. The SMILES string of the molecule is CC(C)Oc1cccnc1NCCCOCCCl. The smallest absolute Gasteiger partial charge is 0.168 e. The zero-order valence-electron chi connectivity index (χ0n) is 11.0. The Morgan fingerprint density at radius 1 is 1.39 bits per heavy atom.